The van der Waals surface area contributed by atoms with Gasteiger partial charge < -0.3 is 5.32 Å². The molecule has 0 bridgehead atoms. The van der Waals surface area contributed by atoms with Gasteiger partial charge >= 0.3 is 0 Å². The SMILES string of the molecule is CC(C)NCc1sc(C(C)(C)C)nc1C1CC1. The summed E-state index contributed by atoms with van der Waals surface area (Å²) in [5, 5.41) is 4.81. The van der Waals surface area contributed by atoms with Gasteiger partial charge in [0, 0.05) is 28.8 Å². The van der Waals surface area contributed by atoms with Crippen LogP contribution in [0.4, 0.5) is 0 Å². The average molecular weight is 252 g/mol. The Morgan fingerprint density at radius 3 is 2.47 bits per heavy atom. The van der Waals surface area contributed by atoms with Crippen LogP contribution in [0.15, 0.2) is 0 Å². The van der Waals surface area contributed by atoms with E-state index < -0.39 is 0 Å². The summed E-state index contributed by atoms with van der Waals surface area (Å²) in [4.78, 5) is 6.36. The maximum atomic E-state index is 4.90. The maximum absolute atomic E-state index is 4.90. The third-order valence-corrected chi connectivity index (χ3v) is 4.50. The highest BCUT2D eigenvalue weighted by Gasteiger charge is 2.31. The first kappa shape index (κ1) is 13.0. The zero-order valence-corrected chi connectivity index (χ0v) is 12.4. The van der Waals surface area contributed by atoms with E-state index in [0.29, 0.717) is 6.04 Å². The van der Waals surface area contributed by atoms with Crippen LogP contribution >= 0.6 is 11.3 Å². The van der Waals surface area contributed by atoms with Crippen molar-refractivity contribution in [2.24, 2.45) is 0 Å². The van der Waals surface area contributed by atoms with Crippen molar-refractivity contribution in [1.82, 2.24) is 10.3 Å². The summed E-state index contributed by atoms with van der Waals surface area (Å²) in [6, 6.07) is 0.544. The van der Waals surface area contributed by atoms with Gasteiger partial charge in [-0.25, -0.2) is 4.98 Å². The Morgan fingerprint density at radius 1 is 1.35 bits per heavy atom. The fourth-order valence-electron chi connectivity index (χ4n) is 1.78. The fraction of sp³-hybridized carbons (Fsp3) is 0.786. The molecule has 0 amide bonds. The zero-order valence-electron chi connectivity index (χ0n) is 11.6. The number of rotatable bonds is 4. The number of nitrogens with one attached hydrogen (secondary N) is 1. The molecule has 1 aromatic heterocycles. The lowest BCUT2D eigenvalue weighted by atomic mass is 9.98. The minimum Gasteiger partial charge on any atom is -0.310 e. The summed E-state index contributed by atoms with van der Waals surface area (Å²) in [6.07, 6.45) is 2.67. The minimum atomic E-state index is 0.185. The molecule has 1 aromatic rings. The van der Waals surface area contributed by atoms with Gasteiger partial charge in [-0.2, -0.15) is 0 Å². The number of hydrogen-bond acceptors (Lipinski definition) is 3. The topological polar surface area (TPSA) is 24.9 Å². The summed E-state index contributed by atoms with van der Waals surface area (Å²) in [5.41, 5.74) is 1.57. The molecule has 0 aromatic carbocycles. The summed E-state index contributed by atoms with van der Waals surface area (Å²) in [7, 11) is 0. The molecule has 2 rings (SSSR count). The van der Waals surface area contributed by atoms with Gasteiger partial charge in [0.2, 0.25) is 0 Å². The zero-order chi connectivity index (χ0) is 12.6. The van der Waals surface area contributed by atoms with Crippen molar-refractivity contribution >= 4 is 11.3 Å². The summed E-state index contributed by atoms with van der Waals surface area (Å²) in [6.45, 7) is 12.1. The van der Waals surface area contributed by atoms with E-state index >= 15 is 0 Å². The predicted molar refractivity (Wildman–Crippen MR) is 74.8 cm³/mol. The van der Waals surface area contributed by atoms with Crippen LogP contribution in [0.2, 0.25) is 0 Å². The normalized spacial score (nSPS) is 16.8. The largest absolute Gasteiger partial charge is 0.310 e. The standard InChI is InChI=1S/C14H24N2S/c1-9(2)15-8-11-12(10-6-7-10)16-13(17-11)14(3,4)5/h9-10,15H,6-8H2,1-5H3. The molecule has 2 nitrogen and oxygen atoms in total. The van der Waals surface area contributed by atoms with E-state index in [0.717, 1.165) is 12.5 Å². The van der Waals surface area contributed by atoms with Gasteiger partial charge in [-0.05, 0) is 12.8 Å². The van der Waals surface area contributed by atoms with E-state index in [4.69, 9.17) is 4.98 Å². The van der Waals surface area contributed by atoms with Crippen molar-refractivity contribution in [2.45, 2.75) is 71.4 Å². The lowest BCUT2D eigenvalue weighted by Crippen LogP contribution is -2.21. The van der Waals surface area contributed by atoms with Gasteiger partial charge in [0.05, 0.1) is 10.7 Å². The number of aromatic nitrogens is 1. The first-order chi connectivity index (χ1) is 7.88. The second-order valence-electron chi connectivity index (χ2n) is 6.39. The molecule has 17 heavy (non-hydrogen) atoms. The number of nitrogens with zero attached hydrogens (tertiary/aromatic N) is 1. The number of thiazole rings is 1. The molecule has 1 aliphatic rings. The van der Waals surface area contributed by atoms with Crippen LogP contribution in [-0.4, -0.2) is 11.0 Å². The number of hydrogen-bond donors (Lipinski definition) is 1. The fourth-order valence-corrected chi connectivity index (χ4v) is 2.94. The first-order valence-electron chi connectivity index (χ1n) is 6.61. The highest BCUT2D eigenvalue weighted by Crippen LogP contribution is 2.44. The smallest absolute Gasteiger partial charge is 0.0985 e. The Bertz CT molecular complexity index is 383. The van der Waals surface area contributed by atoms with Gasteiger partial charge in [0.25, 0.3) is 0 Å². The van der Waals surface area contributed by atoms with Crippen molar-refractivity contribution < 1.29 is 0 Å². The molecule has 0 saturated heterocycles. The molecule has 3 heteroatoms. The van der Waals surface area contributed by atoms with Crippen molar-refractivity contribution in [3.8, 4) is 0 Å². The van der Waals surface area contributed by atoms with Crippen molar-refractivity contribution in [3.63, 3.8) is 0 Å². The summed E-state index contributed by atoms with van der Waals surface area (Å²) >= 11 is 1.90. The van der Waals surface area contributed by atoms with E-state index in [2.05, 4.69) is 39.9 Å². The lowest BCUT2D eigenvalue weighted by molar-refractivity contribution is 0.581. The van der Waals surface area contributed by atoms with Gasteiger partial charge in [0.15, 0.2) is 0 Å². The maximum Gasteiger partial charge on any atom is 0.0985 e. The van der Waals surface area contributed by atoms with Crippen LogP contribution in [0.1, 0.15) is 69.0 Å². The molecular formula is C14H24N2S. The van der Waals surface area contributed by atoms with Crippen molar-refractivity contribution in [1.29, 1.82) is 0 Å². The van der Waals surface area contributed by atoms with E-state index in [1.54, 1.807) is 0 Å². The molecule has 0 atom stereocenters. The Balaban J connectivity index is 2.20. The van der Waals surface area contributed by atoms with E-state index in [-0.39, 0.29) is 5.41 Å². The summed E-state index contributed by atoms with van der Waals surface area (Å²) in [5.74, 6) is 0.756. The van der Waals surface area contributed by atoms with Gasteiger partial charge in [-0.15, -0.1) is 11.3 Å². The summed E-state index contributed by atoms with van der Waals surface area (Å²) < 4.78 is 0. The van der Waals surface area contributed by atoms with Crippen LogP contribution in [0.5, 0.6) is 0 Å². The van der Waals surface area contributed by atoms with Crippen LogP contribution in [0.25, 0.3) is 0 Å². The molecular weight excluding hydrogens is 228 g/mol. The molecule has 0 unspecified atom stereocenters. The monoisotopic (exact) mass is 252 g/mol. The lowest BCUT2D eigenvalue weighted by Gasteiger charge is -2.13. The van der Waals surface area contributed by atoms with Gasteiger partial charge in [-0.1, -0.05) is 34.6 Å². The van der Waals surface area contributed by atoms with Gasteiger partial charge in [-0.3, -0.25) is 0 Å². The molecule has 1 fully saturated rings. The molecule has 0 radical (unpaired) electrons. The van der Waals surface area contributed by atoms with Crippen LogP contribution in [-0.2, 0) is 12.0 Å². The molecule has 96 valence electrons. The van der Waals surface area contributed by atoms with E-state index in [1.165, 1.54) is 28.4 Å². The van der Waals surface area contributed by atoms with Crippen LogP contribution in [0, 0.1) is 0 Å². The highest BCUT2D eigenvalue weighted by atomic mass is 32.1. The third-order valence-electron chi connectivity index (χ3n) is 3.00. The predicted octanol–water partition coefficient (Wildman–Crippen LogP) is 3.82. The van der Waals surface area contributed by atoms with Crippen LogP contribution in [0.3, 0.4) is 0 Å². The Kier molecular flexibility index (Phi) is 3.60. The van der Waals surface area contributed by atoms with E-state index in [1.807, 2.05) is 11.3 Å². The molecule has 1 aliphatic carbocycles. The first-order valence-corrected chi connectivity index (χ1v) is 7.43. The Hall–Kier alpha value is -0.410. The molecule has 1 saturated carbocycles. The Morgan fingerprint density at radius 2 is 2.00 bits per heavy atom. The van der Waals surface area contributed by atoms with Crippen molar-refractivity contribution in [2.75, 3.05) is 0 Å². The van der Waals surface area contributed by atoms with Gasteiger partial charge in [0.1, 0.15) is 0 Å². The average Bonchev–Trinajstić information content (AvgIpc) is 2.93. The molecule has 0 aliphatic heterocycles. The molecule has 1 heterocycles. The van der Waals surface area contributed by atoms with E-state index in [9.17, 15) is 0 Å². The second-order valence-corrected chi connectivity index (χ2v) is 7.47. The quantitative estimate of drug-likeness (QED) is 0.881. The molecule has 1 N–H and O–H groups in total. The molecule has 0 spiro atoms. The van der Waals surface area contributed by atoms with Crippen molar-refractivity contribution in [3.05, 3.63) is 15.6 Å². The minimum absolute atomic E-state index is 0.185. The highest BCUT2D eigenvalue weighted by molar-refractivity contribution is 7.11. The van der Waals surface area contributed by atoms with Crippen LogP contribution < -0.4 is 5.32 Å². The Labute approximate surface area is 109 Å². The second kappa shape index (κ2) is 4.69. The third kappa shape index (κ3) is 3.29.